The van der Waals surface area contributed by atoms with Gasteiger partial charge in [-0.25, -0.2) is 4.39 Å². The largest absolute Gasteiger partial charge is 0.325 e. The number of anilines is 1. The fraction of sp³-hybridized carbons (Fsp3) is 0.176. The Morgan fingerprint density at radius 1 is 1.25 bits per heavy atom. The molecular formula is C17H14ClFN2OS2. The molecule has 3 nitrogen and oxygen atoms in total. The van der Waals surface area contributed by atoms with Crippen LogP contribution in [-0.2, 0) is 4.79 Å². The van der Waals surface area contributed by atoms with Crippen molar-refractivity contribution in [3.63, 3.8) is 0 Å². The summed E-state index contributed by atoms with van der Waals surface area (Å²) in [4.78, 5) is 13.7. The van der Waals surface area contributed by atoms with Crippen molar-refractivity contribution >= 4 is 46.7 Å². The zero-order valence-corrected chi connectivity index (χ0v) is 15.4. The van der Waals surface area contributed by atoms with Crippen molar-refractivity contribution in [2.75, 3.05) is 11.1 Å². The molecule has 7 heteroatoms. The van der Waals surface area contributed by atoms with Gasteiger partial charge in [-0.05, 0) is 67.1 Å². The van der Waals surface area contributed by atoms with Crippen LogP contribution in [-0.4, -0.2) is 11.7 Å². The number of benzene rings is 2. The summed E-state index contributed by atoms with van der Waals surface area (Å²) in [6.07, 6.45) is 0. The minimum atomic E-state index is -0.480. The summed E-state index contributed by atoms with van der Waals surface area (Å²) < 4.78 is 13.1. The lowest BCUT2D eigenvalue weighted by atomic mass is 10.1. The van der Waals surface area contributed by atoms with Crippen LogP contribution in [0.4, 0.5) is 10.1 Å². The van der Waals surface area contributed by atoms with Crippen molar-refractivity contribution < 1.29 is 9.18 Å². The molecule has 0 radical (unpaired) electrons. The number of halogens is 2. The third-order valence-corrected chi connectivity index (χ3v) is 5.04. The van der Waals surface area contributed by atoms with Crippen LogP contribution in [0.1, 0.15) is 11.1 Å². The van der Waals surface area contributed by atoms with Gasteiger partial charge in [0.1, 0.15) is 11.2 Å². The van der Waals surface area contributed by atoms with Gasteiger partial charge in [0.25, 0.3) is 0 Å². The lowest BCUT2D eigenvalue weighted by molar-refractivity contribution is -0.113. The van der Waals surface area contributed by atoms with Crippen LogP contribution < -0.4 is 5.32 Å². The molecule has 1 amide bonds. The summed E-state index contributed by atoms with van der Waals surface area (Å²) in [5.41, 5.74) is 2.55. The average Bonchev–Trinajstić information content (AvgIpc) is 2.52. The molecule has 0 saturated heterocycles. The van der Waals surface area contributed by atoms with Crippen molar-refractivity contribution in [3.05, 3.63) is 52.3 Å². The Kier molecular flexibility index (Phi) is 6.55. The molecule has 0 aliphatic carbocycles. The first-order chi connectivity index (χ1) is 11.4. The topological polar surface area (TPSA) is 52.9 Å². The molecule has 0 atom stereocenters. The van der Waals surface area contributed by atoms with E-state index in [-0.39, 0.29) is 16.7 Å². The molecule has 0 aliphatic rings. The van der Waals surface area contributed by atoms with Crippen molar-refractivity contribution in [3.8, 4) is 5.40 Å². The number of carbonyl (C=O) groups excluding carboxylic acids is 1. The molecule has 0 saturated carbocycles. The van der Waals surface area contributed by atoms with Gasteiger partial charge in [-0.2, -0.15) is 5.26 Å². The Balaban J connectivity index is 2.02. The third-order valence-electron chi connectivity index (χ3n) is 3.20. The second kappa shape index (κ2) is 8.43. The zero-order chi connectivity index (χ0) is 17.7. The molecule has 2 aromatic carbocycles. The van der Waals surface area contributed by atoms with Crippen LogP contribution in [0.5, 0.6) is 0 Å². The van der Waals surface area contributed by atoms with E-state index in [1.807, 2.05) is 31.4 Å². The van der Waals surface area contributed by atoms with E-state index >= 15 is 0 Å². The van der Waals surface area contributed by atoms with Crippen molar-refractivity contribution in [1.82, 2.24) is 0 Å². The minimum Gasteiger partial charge on any atom is -0.325 e. The zero-order valence-electron chi connectivity index (χ0n) is 13.0. The van der Waals surface area contributed by atoms with Gasteiger partial charge >= 0.3 is 0 Å². The monoisotopic (exact) mass is 380 g/mol. The lowest BCUT2D eigenvalue weighted by Gasteiger charge is -2.13. The van der Waals surface area contributed by atoms with Gasteiger partial charge in [0, 0.05) is 15.5 Å². The molecule has 0 spiro atoms. The average molecular weight is 381 g/mol. The number of nitriles is 1. The van der Waals surface area contributed by atoms with Gasteiger partial charge in [-0.15, -0.1) is 11.8 Å². The Morgan fingerprint density at radius 2 is 1.92 bits per heavy atom. The molecule has 0 aromatic heterocycles. The molecule has 0 bridgehead atoms. The number of hydrogen-bond acceptors (Lipinski definition) is 4. The van der Waals surface area contributed by atoms with Gasteiger partial charge < -0.3 is 5.32 Å². The van der Waals surface area contributed by atoms with Crippen LogP contribution >= 0.6 is 35.1 Å². The van der Waals surface area contributed by atoms with E-state index in [2.05, 4.69) is 5.32 Å². The number of nitrogens with zero attached hydrogens (tertiary/aromatic N) is 1. The molecule has 0 fully saturated rings. The van der Waals surface area contributed by atoms with Gasteiger partial charge in [0.15, 0.2) is 0 Å². The first kappa shape index (κ1) is 18.7. The summed E-state index contributed by atoms with van der Waals surface area (Å²) in [7, 11) is 0. The van der Waals surface area contributed by atoms with Gasteiger partial charge in [-0.3, -0.25) is 4.79 Å². The Morgan fingerprint density at radius 3 is 2.50 bits per heavy atom. The Bertz CT molecular complexity index is 798. The number of thioether (sulfide) groups is 2. The van der Waals surface area contributed by atoms with Crippen LogP contribution in [0.2, 0.25) is 5.02 Å². The van der Waals surface area contributed by atoms with E-state index in [1.165, 1.54) is 23.9 Å². The van der Waals surface area contributed by atoms with Gasteiger partial charge in [0.05, 0.1) is 10.8 Å². The van der Waals surface area contributed by atoms with Crippen LogP contribution in [0.3, 0.4) is 0 Å². The van der Waals surface area contributed by atoms with Crippen LogP contribution in [0, 0.1) is 30.3 Å². The Hall–Kier alpha value is -1.68. The molecule has 0 aliphatic heterocycles. The van der Waals surface area contributed by atoms with E-state index in [0.717, 1.165) is 38.4 Å². The second-order valence-electron chi connectivity index (χ2n) is 5.04. The standard InChI is InChI=1S/C17H14ClFN2OS2/c1-10-5-13(24-9-20)6-11(2)17(10)21-16(22)8-23-12-3-4-15(19)14(18)7-12/h3-7H,8H2,1-2H3,(H,21,22). The number of carbonyl (C=O) groups is 1. The predicted octanol–water partition coefficient (Wildman–Crippen LogP) is 5.40. The normalized spacial score (nSPS) is 10.3. The van der Waals surface area contributed by atoms with Crippen molar-refractivity contribution in [1.29, 1.82) is 5.26 Å². The SMILES string of the molecule is Cc1cc(SC#N)cc(C)c1NC(=O)CSc1ccc(F)c(Cl)c1. The second-order valence-corrected chi connectivity index (χ2v) is 7.35. The number of aryl methyl sites for hydroxylation is 2. The molecule has 24 heavy (non-hydrogen) atoms. The molecule has 2 rings (SSSR count). The number of rotatable bonds is 5. The summed E-state index contributed by atoms with van der Waals surface area (Å²) >= 11 is 8.10. The van der Waals surface area contributed by atoms with E-state index in [9.17, 15) is 9.18 Å². The van der Waals surface area contributed by atoms with E-state index in [0.29, 0.717) is 0 Å². The van der Waals surface area contributed by atoms with Gasteiger partial charge in [0.2, 0.25) is 5.91 Å². The number of hydrogen-bond donors (Lipinski definition) is 1. The van der Waals surface area contributed by atoms with E-state index in [1.54, 1.807) is 6.07 Å². The van der Waals surface area contributed by atoms with Crippen molar-refractivity contribution in [2.24, 2.45) is 0 Å². The highest BCUT2D eigenvalue weighted by molar-refractivity contribution is 8.03. The quantitative estimate of drug-likeness (QED) is 0.557. The highest BCUT2D eigenvalue weighted by Crippen LogP contribution is 2.28. The fourth-order valence-corrected chi connectivity index (χ4v) is 3.68. The molecule has 1 N–H and O–H groups in total. The maximum atomic E-state index is 13.1. The summed E-state index contributed by atoms with van der Waals surface area (Å²) in [6.45, 7) is 3.77. The highest BCUT2D eigenvalue weighted by Gasteiger charge is 2.10. The molecule has 124 valence electrons. The molecule has 0 heterocycles. The van der Waals surface area contributed by atoms with E-state index in [4.69, 9.17) is 16.9 Å². The van der Waals surface area contributed by atoms with Crippen molar-refractivity contribution in [2.45, 2.75) is 23.6 Å². The molecule has 2 aromatic rings. The fourth-order valence-electron chi connectivity index (χ4n) is 2.12. The smallest absolute Gasteiger partial charge is 0.234 e. The minimum absolute atomic E-state index is 0.0395. The van der Waals surface area contributed by atoms with Crippen LogP contribution in [0.25, 0.3) is 0 Å². The van der Waals surface area contributed by atoms with Gasteiger partial charge in [-0.1, -0.05) is 11.6 Å². The number of amides is 1. The summed E-state index contributed by atoms with van der Waals surface area (Å²) in [6, 6.07) is 8.10. The maximum Gasteiger partial charge on any atom is 0.234 e. The highest BCUT2D eigenvalue weighted by atomic mass is 35.5. The van der Waals surface area contributed by atoms with E-state index < -0.39 is 5.82 Å². The summed E-state index contributed by atoms with van der Waals surface area (Å²) in [5, 5.41) is 13.7. The number of nitrogens with one attached hydrogen (secondary N) is 1. The lowest BCUT2D eigenvalue weighted by Crippen LogP contribution is -2.15. The maximum absolute atomic E-state index is 13.1. The number of thiocyanates is 1. The summed E-state index contributed by atoms with van der Waals surface area (Å²) in [5.74, 6) is -0.449. The first-order valence-electron chi connectivity index (χ1n) is 6.95. The predicted molar refractivity (Wildman–Crippen MR) is 98.1 cm³/mol. The molecule has 0 unspecified atom stereocenters. The Labute approximate surface area is 153 Å². The first-order valence-corrected chi connectivity index (χ1v) is 9.13. The molecular weight excluding hydrogens is 367 g/mol. The third kappa shape index (κ3) is 4.91. The van der Waals surface area contributed by atoms with Crippen LogP contribution in [0.15, 0.2) is 40.1 Å².